The zero-order valence-electron chi connectivity index (χ0n) is 21.7. The summed E-state index contributed by atoms with van der Waals surface area (Å²) < 4.78 is 29.3. The van der Waals surface area contributed by atoms with Crippen molar-refractivity contribution >= 4 is 44.6 Å². The van der Waals surface area contributed by atoms with Crippen LogP contribution in [-0.4, -0.2) is 112 Å². The van der Waals surface area contributed by atoms with Gasteiger partial charge in [0.15, 0.2) is 23.8 Å². The number of amides is 2. The largest absolute Gasteiger partial charge is 0.387 e. The second-order valence-corrected chi connectivity index (χ2v) is 11.7. The Kier molecular flexibility index (Phi) is 9.81. The molecule has 6 N–H and O–H groups in total. The van der Waals surface area contributed by atoms with Crippen LogP contribution in [0.25, 0.3) is 11.2 Å². The van der Waals surface area contributed by atoms with Gasteiger partial charge in [0.2, 0.25) is 11.9 Å². The lowest BCUT2D eigenvalue weighted by molar-refractivity contribution is -0.146. The van der Waals surface area contributed by atoms with Gasteiger partial charge in [-0.05, 0) is 12.8 Å². The third-order valence-corrected chi connectivity index (χ3v) is 7.07. The fourth-order valence-electron chi connectivity index (χ4n) is 4.02. The van der Waals surface area contributed by atoms with E-state index in [0.29, 0.717) is 32.4 Å². The Morgan fingerprint density at radius 1 is 1.13 bits per heavy atom. The van der Waals surface area contributed by atoms with Gasteiger partial charge in [-0.3, -0.25) is 14.2 Å². The summed E-state index contributed by atoms with van der Waals surface area (Å²) in [6.07, 6.45) is 0.467. The monoisotopic (exact) mass is 556 g/mol. The first kappa shape index (κ1) is 29.5. The Morgan fingerprint density at radius 2 is 1.84 bits per heavy atom. The Hall–Kier alpha value is -3.08. The van der Waals surface area contributed by atoms with Gasteiger partial charge in [-0.25, -0.2) is 13.4 Å². The van der Waals surface area contributed by atoms with E-state index >= 15 is 0 Å². The van der Waals surface area contributed by atoms with Gasteiger partial charge >= 0.3 is 0 Å². The van der Waals surface area contributed by atoms with E-state index in [2.05, 4.69) is 25.6 Å². The number of nitrogens with two attached hydrogens (primary N) is 1. The topological polar surface area (TPSA) is 215 Å². The number of hydrogen-bond acceptors (Lipinski definition) is 12. The molecule has 2 aromatic rings. The van der Waals surface area contributed by atoms with Gasteiger partial charge in [-0.15, -0.1) is 0 Å². The number of carbonyl (C=O) groups excluding carboxylic acids is 2. The summed E-state index contributed by atoms with van der Waals surface area (Å²) in [5, 5.41) is 26.7. The molecule has 3 heterocycles. The Balaban J connectivity index is 1.52. The lowest BCUT2D eigenvalue weighted by Crippen LogP contribution is -2.42. The number of aromatic nitrogens is 4. The first-order chi connectivity index (χ1) is 17.9. The number of imidazole rings is 1. The molecule has 0 spiro atoms. The van der Waals surface area contributed by atoms with E-state index in [-0.39, 0.29) is 34.6 Å². The van der Waals surface area contributed by atoms with Crippen molar-refractivity contribution in [3.8, 4) is 0 Å². The van der Waals surface area contributed by atoms with Crippen molar-refractivity contribution in [1.29, 1.82) is 0 Å². The van der Waals surface area contributed by atoms with Crippen LogP contribution >= 0.6 is 0 Å². The molecule has 0 bridgehead atoms. The molecule has 212 valence electrons. The number of nitrogens with zero attached hydrogens (tertiary/aromatic N) is 5. The van der Waals surface area contributed by atoms with Gasteiger partial charge in [0, 0.05) is 45.6 Å². The van der Waals surface area contributed by atoms with Gasteiger partial charge in [-0.1, -0.05) is 12.8 Å². The van der Waals surface area contributed by atoms with Crippen molar-refractivity contribution in [1.82, 2.24) is 29.7 Å². The quantitative estimate of drug-likeness (QED) is 0.181. The molecule has 16 heteroatoms. The van der Waals surface area contributed by atoms with Gasteiger partial charge in [0.25, 0.3) is 5.91 Å². The van der Waals surface area contributed by atoms with Gasteiger partial charge in [0.05, 0.1) is 6.33 Å². The highest BCUT2D eigenvalue weighted by Gasteiger charge is 2.48. The highest BCUT2D eigenvalue weighted by Crippen LogP contribution is 2.33. The van der Waals surface area contributed by atoms with Crippen LogP contribution < -0.4 is 16.4 Å². The maximum atomic E-state index is 12.3. The number of rotatable bonds is 13. The Morgan fingerprint density at radius 3 is 2.53 bits per heavy atom. The standard InChI is InChI=1S/C22H36N8O7S/c1-29(2)20(34)17-15(32)16(33)21(37-17)30-12-26-14-18(23)27-22(28-19(14)30)25-10-9-24-13(31)8-6-4-5-7-11-38(3,35)36/h12,15-17,21,32-33H,4-11H2,1-3H3,(H,24,31)(H3,23,25,27,28)/t15-,16+,17-,21?/m0/s1. The van der Waals surface area contributed by atoms with Crippen LogP contribution in [0.4, 0.5) is 11.8 Å². The minimum atomic E-state index is -2.95. The second-order valence-electron chi connectivity index (χ2n) is 9.49. The van der Waals surface area contributed by atoms with Crippen molar-refractivity contribution in [3.05, 3.63) is 6.33 Å². The SMILES string of the molecule is CN(C)C(=O)[C@H]1OC(n2cnc3c(N)nc(NCCNC(=O)CCCCCCS(C)(=O)=O)nc32)[C@H](O)[C@@H]1O. The number of likely N-dealkylation sites (N-methyl/N-ethyl adjacent to an activating group) is 1. The molecular weight excluding hydrogens is 520 g/mol. The van der Waals surface area contributed by atoms with E-state index in [1.54, 1.807) is 0 Å². The zero-order chi connectivity index (χ0) is 28.0. The minimum absolute atomic E-state index is 0.0742. The smallest absolute Gasteiger partial charge is 0.254 e. The van der Waals surface area contributed by atoms with E-state index in [4.69, 9.17) is 10.5 Å². The molecule has 0 aromatic carbocycles. The van der Waals surface area contributed by atoms with Crippen LogP contribution in [0.1, 0.15) is 38.3 Å². The number of carbonyl (C=O) groups is 2. The highest BCUT2D eigenvalue weighted by atomic mass is 32.2. The molecule has 38 heavy (non-hydrogen) atoms. The normalized spacial score (nSPS) is 21.5. The molecule has 3 rings (SSSR count). The van der Waals surface area contributed by atoms with Crippen molar-refractivity contribution in [2.24, 2.45) is 0 Å². The highest BCUT2D eigenvalue weighted by molar-refractivity contribution is 7.90. The van der Waals surface area contributed by atoms with E-state index in [9.17, 15) is 28.2 Å². The summed E-state index contributed by atoms with van der Waals surface area (Å²) in [5.41, 5.74) is 6.52. The van der Waals surface area contributed by atoms with E-state index in [1.807, 2.05) is 0 Å². The first-order valence-electron chi connectivity index (χ1n) is 12.3. The number of nitrogens with one attached hydrogen (secondary N) is 2. The van der Waals surface area contributed by atoms with E-state index < -0.39 is 40.3 Å². The summed E-state index contributed by atoms with van der Waals surface area (Å²) in [5.74, 6) is -0.210. The van der Waals surface area contributed by atoms with Crippen LogP contribution in [0.3, 0.4) is 0 Å². The summed E-state index contributed by atoms with van der Waals surface area (Å²) in [4.78, 5) is 38.3. The fourth-order valence-corrected chi connectivity index (χ4v) is 4.75. The van der Waals surface area contributed by atoms with Crippen LogP contribution in [0, 0.1) is 0 Å². The third kappa shape index (κ3) is 7.49. The summed E-state index contributed by atoms with van der Waals surface area (Å²) in [6.45, 7) is 0.609. The number of fused-ring (bicyclic) bond motifs is 1. The third-order valence-electron chi connectivity index (χ3n) is 6.04. The van der Waals surface area contributed by atoms with Crippen LogP contribution in [-0.2, 0) is 24.2 Å². The van der Waals surface area contributed by atoms with Crippen LogP contribution in [0.2, 0.25) is 0 Å². The molecule has 1 unspecified atom stereocenters. The van der Waals surface area contributed by atoms with Gasteiger partial charge in [-0.2, -0.15) is 9.97 Å². The number of ether oxygens (including phenoxy) is 1. The van der Waals surface area contributed by atoms with E-state index in [0.717, 1.165) is 12.8 Å². The second kappa shape index (κ2) is 12.6. The van der Waals surface area contributed by atoms with E-state index in [1.165, 1.54) is 36.1 Å². The molecule has 1 aliphatic rings. The molecule has 0 aliphatic carbocycles. The summed E-state index contributed by atoms with van der Waals surface area (Å²) in [6, 6.07) is 0. The lowest BCUT2D eigenvalue weighted by Gasteiger charge is -2.18. The minimum Gasteiger partial charge on any atom is -0.387 e. The molecule has 1 fully saturated rings. The number of aliphatic hydroxyl groups is 2. The van der Waals surface area contributed by atoms with Gasteiger partial charge in [0.1, 0.15) is 27.6 Å². The van der Waals surface area contributed by atoms with Crippen molar-refractivity contribution < 1.29 is 33.0 Å². The molecule has 15 nitrogen and oxygen atoms in total. The number of hydrogen-bond donors (Lipinski definition) is 5. The summed E-state index contributed by atoms with van der Waals surface area (Å²) >= 11 is 0. The fraction of sp³-hybridized carbons (Fsp3) is 0.682. The summed E-state index contributed by atoms with van der Waals surface area (Å²) in [7, 11) is 0.0881. The predicted octanol–water partition coefficient (Wildman–Crippen LogP) is -1.36. The lowest BCUT2D eigenvalue weighted by atomic mass is 10.1. The molecule has 1 saturated heterocycles. The number of sulfone groups is 1. The van der Waals surface area contributed by atoms with Crippen molar-refractivity contribution in [2.75, 3.05) is 50.2 Å². The molecular formula is C22H36N8O7S. The first-order valence-corrected chi connectivity index (χ1v) is 14.4. The van der Waals surface area contributed by atoms with Gasteiger partial charge < -0.3 is 36.2 Å². The molecule has 2 amide bonds. The number of anilines is 2. The average Bonchev–Trinajstić information content (AvgIpc) is 3.39. The predicted molar refractivity (Wildman–Crippen MR) is 139 cm³/mol. The molecule has 0 radical (unpaired) electrons. The number of nitrogen functional groups attached to an aromatic ring is 1. The molecule has 0 saturated carbocycles. The van der Waals surface area contributed by atoms with Crippen LogP contribution in [0.5, 0.6) is 0 Å². The maximum Gasteiger partial charge on any atom is 0.254 e. The number of unbranched alkanes of at least 4 members (excludes halogenated alkanes) is 3. The molecule has 2 aromatic heterocycles. The molecule has 1 aliphatic heterocycles. The van der Waals surface area contributed by atoms with Crippen LogP contribution in [0.15, 0.2) is 6.33 Å². The zero-order valence-corrected chi connectivity index (χ0v) is 22.5. The van der Waals surface area contributed by atoms with Crippen molar-refractivity contribution in [2.45, 2.75) is 56.6 Å². The Bertz CT molecular complexity index is 1240. The average molecular weight is 557 g/mol. The molecule has 4 atom stereocenters. The number of aliphatic hydroxyl groups excluding tert-OH is 2. The Labute approximate surface area is 220 Å². The van der Waals surface area contributed by atoms with Crippen molar-refractivity contribution in [3.63, 3.8) is 0 Å². The maximum absolute atomic E-state index is 12.3.